The first kappa shape index (κ1) is 26.1. The number of methoxy groups -OCH3 is 1. The van der Waals surface area contributed by atoms with Gasteiger partial charge in [0.1, 0.15) is 0 Å². The molecule has 0 saturated heterocycles. The van der Waals surface area contributed by atoms with E-state index in [0.29, 0.717) is 18.6 Å². The van der Waals surface area contributed by atoms with E-state index in [9.17, 15) is 8.42 Å². The molecule has 7 nitrogen and oxygen atoms in total. The molecule has 0 amide bonds. The number of rotatable bonds is 11. The standard InChI is InChI=1S/C20H34N4O3S.HI/c1-4-20(11-6-12-20)16-23-19(21-5-2)22-15-17-7-9-18(10-8-17)28(25,26)24-13-14-27-3;/h7-10,24H,4-6,11-16H2,1-3H3,(H2,21,22,23);1H. The maximum atomic E-state index is 12.2. The van der Waals surface area contributed by atoms with Crippen LogP contribution in [0.15, 0.2) is 34.2 Å². The number of guanidine groups is 1. The first-order valence-corrected chi connectivity index (χ1v) is 11.5. The number of nitrogens with zero attached hydrogens (tertiary/aromatic N) is 1. The number of ether oxygens (including phenoxy) is 1. The number of nitrogens with one attached hydrogen (secondary N) is 3. The number of sulfonamides is 1. The Morgan fingerprint density at radius 1 is 1.17 bits per heavy atom. The van der Waals surface area contributed by atoms with Gasteiger partial charge in [0.05, 0.1) is 18.0 Å². The Morgan fingerprint density at radius 3 is 2.38 bits per heavy atom. The van der Waals surface area contributed by atoms with Crippen LogP contribution in [0.1, 0.15) is 45.1 Å². The van der Waals surface area contributed by atoms with Crippen LogP contribution in [-0.2, 0) is 21.3 Å². The summed E-state index contributed by atoms with van der Waals surface area (Å²) in [5, 5.41) is 6.75. The molecule has 1 aromatic rings. The zero-order chi connectivity index (χ0) is 20.5. The fourth-order valence-corrected chi connectivity index (χ4v) is 4.26. The van der Waals surface area contributed by atoms with Gasteiger partial charge in [-0.05, 0) is 49.3 Å². The van der Waals surface area contributed by atoms with Gasteiger partial charge in [0, 0.05) is 26.7 Å². The summed E-state index contributed by atoms with van der Waals surface area (Å²) in [5.74, 6) is 0.806. The Balaban J connectivity index is 0.00000420. The van der Waals surface area contributed by atoms with Crippen molar-refractivity contribution in [1.29, 1.82) is 0 Å². The maximum absolute atomic E-state index is 12.2. The molecule has 29 heavy (non-hydrogen) atoms. The normalized spacial score (nSPS) is 15.9. The molecule has 1 fully saturated rings. The highest BCUT2D eigenvalue weighted by Gasteiger charge is 2.34. The summed E-state index contributed by atoms with van der Waals surface area (Å²) in [6, 6.07) is 6.83. The summed E-state index contributed by atoms with van der Waals surface area (Å²) < 4.78 is 31.8. The van der Waals surface area contributed by atoms with Crippen LogP contribution in [0.25, 0.3) is 0 Å². The molecule has 9 heteroatoms. The molecule has 0 atom stereocenters. The molecule has 1 aromatic carbocycles. The molecule has 3 N–H and O–H groups in total. The fraction of sp³-hybridized carbons (Fsp3) is 0.650. The van der Waals surface area contributed by atoms with Crippen LogP contribution in [0, 0.1) is 5.41 Å². The van der Waals surface area contributed by atoms with Crippen molar-refractivity contribution in [2.24, 2.45) is 10.4 Å². The van der Waals surface area contributed by atoms with Gasteiger partial charge >= 0.3 is 0 Å². The van der Waals surface area contributed by atoms with Crippen LogP contribution in [0.5, 0.6) is 0 Å². The molecule has 0 radical (unpaired) electrons. The van der Waals surface area contributed by atoms with Crippen molar-refractivity contribution in [2.75, 3.05) is 33.4 Å². The van der Waals surface area contributed by atoms with Crippen molar-refractivity contribution in [3.05, 3.63) is 29.8 Å². The number of hydrogen-bond donors (Lipinski definition) is 3. The van der Waals surface area contributed by atoms with Gasteiger partial charge in [0.25, 0.3) is 0 Å². The van der Waals surface area contributed by atoms with E-state index in [1.54, 1.807) is 24.3 Å². The SMILES string of the molecule is CCNC(=NCc1ccc(S(=O)(=O)NCCOC)cc1)NCC1(CC)CCC1.I. The molecule has 0 heterocycles. The van der Waals surface area contributed by atoms with E-state index < -0.39 is 10.0 Å². The zero-order valence-corrected chi connectivity index (χ0v) is 20.8. The van der Waals surface area contributed by atoms with Gasteiger partial charge in [-0.2, -0.15) is 0 Å². The molecule has 0 bridgehead atoms. The Bertz CT molecular complexity index is 729. The summed E-state index contributed by atoms with van der Waals surface area (Å²) in [7, 11) is -1.97. The topological polar surface area (TPSA) is 91.8 Å². The lowest BCUT2D eigenvalue weighted by molar-refractivity contribution is 0.131. The smallest absolute Gasteiger partial charge is 0.240 e. The number of hydrogen-bond acceptors (Lipinski definition) is 4. The van der Waals surface area contributed by atoms with Crippen molar-refractivity contribution in [3.63, 3.8) is 0 Å². The third-order valence-electron chi connectivity index (χ3n) is 5.39. The van der Waals surface area contributed by atoms with Crippen LogP contribution in [0.3, 0.4) is 0 Å². The summed E-state index contributed by atoms with van der Waals surface area (Å²) in [6.07, 6.45) is 5.07. The predicted octanol–water partition coefficient (Wildman–Crippen LogP) is 2.86. The second-order valence-electron chi connectivity index (χ2n) is 7.29. The van der Waals surface area contributed by atoms with Crippen LogP contribution in [0.4, 0.5) is 0 Å². The van der Waals surface area contributed by atoms with Gasteiger partial charge in [0.15, 0.2) is 5.96 Å². The zero-order valence-electron chi connectivity index (χ0n) is 17.7. The first-order chi connectivity index (χ1) is 13.4. The van der Waals surface area contributed by atoms with Crippen LogP contribution in [0.2, 0.25) is 0 Å². The average molecular weight is 538 g/mol. The number of aliphatic imine (C=N–C) groups is 1. The van der Waals surface area contributed by atoms with Gasteiger partial charge in [-0.25, -0.2) is 18.1 Å². The van der Waals surface area contributed by atoms with Crippen molar-refractivity contribution in [3.8, 4) is 0 Å². The maximum Gasteiger partial charge on any atom is 0.240 e. The van der Waals surface area contributed by atoms with Gasteiger partial charge in [-0.15, -0.1) is 24.0 Å². The molecule has 0 unspecified atom stereocenters. The van der Waals surface area contributed by atoms with Crippen molar-refractivity contribution in [2.45, 2.75) is 51.0 Å². The molecule has 0 spiro atoms. The van der Waals surface area contributed by atoms with Crippen LogP contribution < -0.4 is 15.4 Å². The first-order valence-electron chi connectivity index (χ1n) is 10.0. The summed E-state index contributed by atoms with van der Waals surface area (Å²) in [5.41, 5.74) is 1.38. The highest BCUT2D eigenvalue weighted by molar-refractivity contribution is 14.0. The minimum absolute atomic E-state index is 0. The van der Waals surface area contributed by atoms with Gasteiger partial charge < -0.3 is 15.4 Å². The molecule has 1 aliphatic carbocycles. The Morgan fingerprint density at radius 2 is 1.86 bits per heavy atom. The molecule has 0 aliphatic heterocycles. The number of benzene rings is 1. The quantitative estimate of drug-likeness (QED) is 0.175. The molecular formula is C20H35IN4O3S. The van der Waals surface area contributed by atoms with Crippen molar-refractivity contribution >= 4 is 40.0 Å². The third-order valence-corrected chi connectivity index (χ3v) is 6.87. The second kappa shape index (κ2) is 12.7. The minimum atomic E-state index is -3.50. The van der Waals surface area contributed by atoms with Crippen LogP contribution in [-0.4, -0.2) is 47.7 Å². The molecule has 1 aliphatic rings. The largest absolute Gasteiger partial charge is 0.383 e. The highest BCUT2D eigenvalue weighted by atomic mass is 127. The Kier molecular flexibility index (Phi) is 11.4. The second-order valence-corrected chi connectivity index (χ2v) is 9.06. The Labute approximate surface area is 192 Å². The molecule has 0 aromatic heterocycles. The van der Waals surface area contributed by atoms with Crippen LogP contribution >= 0.6 is 24.0 Å². The van der Waals surface area contributed by atoms with E-state index in [2.05, 4.69) is 27.3 Å². The highest BCUT2D eigenvalue weighted by Crippen LogP contribution is 2.42. The van der Waals surface area contributed by atoms with E-state index in [-0.39, 0.29) is 35.4 Å². The molecular weight excluding hydrogens is 503 g/mol. The van der Waals surface area contributed by atoms with E-state index in [1.165, 1.54) is 32.8 Å². The van der Waals surface area contributed by atoms with E-state index >= 15 is 0 Å². The lowest BCUT2D eigenvalue weighted by atomic mass is 9.67. The molecule has 166 valence electrons. The van der Waals surface area contributed by atoms with E-state index in [1.807, 2.05) is 6.92 Å². The summed E-state index contributed by atoms with van der Waals surface area (Å²) >= 11 is 0. The fourth-order valence-electron chi connectivity index (χ4n) is 3.25. The monoisotopic (exact) mass is 538 g/mol. The van der Waals surface area contributed by atoms with Crippen molar-refractivity contribution in [1.82, 2.24) is 15.4 Å². The lowest BCUT2D eigenvalue weighted by Crippen LogP contribution is -2.46. The van der Waals surface area contributed by atoms with Gasteiger partial charge in [-0.1, -0.05) is 25.5 Å². The Hall–Kier alpha value is -0.910. The van der Waals surface area contributed by atoms with E-state index in [0.717, 1.165) is 24.6 Å². The molecule has 2 rings (SSSR count). The van der Waals surface area contributed by atoms with Gasteiger partial charge in [-0.3, -0.25) is 0 Å². The summed E-state index contributed by atoms with van der Waals surface area (Å²) in [4.78, 5) is 4.89. The van der Waals surface area contributed by atoms with Gasteiger partial charge in [0.2, 0.25) is 10.0 Å². The third kappa shape index (κ3) is 8.03. The summed E-state index contributed by atoms with van der Waals surface area (Å²) in [6.45, 7) is 7.13. The average Bonchev–Trinajstić information content (AvgIpc) is 2.66. The predicted molar refractivity (Wildman–Crippen MR) is 128 cm³/mol. The molecule has 1 saturated carbocycles. The van der Waals surface area contributed by atoms with E-state index in [4.69, 9.17) is 4.74 Å². The number of halogens is 1. The van der Waals surface area contributed by atoms with Crippen molar-refractivity contribution < 1.29 is 13.2 Å². The lowest BCUT2D eigenvalue weighted by Gasteiger charge is -2.41. The minimum Gasteiger partial charge on any atom is -0.383 e.